The van der Waals surface area contributed by atoms with Crippen molar-refractivity contribution in [3.05, 3.63) is 68.8 Å². The van der Waals surface area contributed by atoms with Gasteiger partial charge in [-0.3, -0.25) is 0 Å². The number of hydrogen-bond acceptors (Lipinski definition) is 1. The number of benzene rings is 1. The van der Waals surface area contributed by atoms with Gasteiger partial charge in [-0.05, 0) is 76.5 Å². The zero-order valence-corrected chi connectivity index (χ0v) is 15.3. The van der Waals surface area contributed by atoms with Crippen LogP contribution in [0.2, 0.25) is 0 Å². The summed E-state index contributed by atoms with van der Waals surface area (Å²) >= 11 is 0. The van der Waals surface area contributed by atoms with Crippen LogP contribution in [0, 0.1) is 0 Å². The Labute approximate surface area is 144 Å². The Hall–Kier alpha value is -2.02. The predicted octanol–water partition coefficient (Wildman–Crippen LogP) is 5.58. The molecular weight excluding hydrogens is 290 g/mol. The van der Waals surface area contributed by atoms with Gasteiger partial charge in [0.25, 0.3) is 0 Å². The first-order valence-electron chi connectivity index (χ1n) is 9.03. The second kappa shape index (κ2) is 3.96. The standard InChI is InChI=1S/C23H25N/c1-12-9-16-21-19-14(12)7-6-8-15(19)22(2,3)17-10-13(24)11-18(20(17)21)23(16,4)5/h6,8,10-11H,7,9,24H2,1-5H3. The Balaban J connectivity index is 2.00. The highest BCUT2D eigenvalue weighted by atomic mass is 14.6. The Morgan fingerprint density at radius 3 is 2.33 bits per heavy atom. The van der Waals surface area contributed by atoms with Gasteiger partial charge in [0, 0.05) is 16.5 Å². The Kier molecular flexibility index (Phi) is 2.37. The van der Waals surface area contributed by atoms with Crippen LogP contribution in [0.25, 0.3) is 5.57 Å². The van der Waals surface area contributed by atoms with E-state index in [9.17, 15) is 0 Å². The van der Waals surface area contributed by atoms with Crippen molar-refractivity contribution in [2.45, 2.75) is 58.3 Å². The van der Waals surface area contributed by atoms with E-state index in [1.807, 2.05) is 0 Å². The van der Waals surface area contributed by atoms with Gasteiger partial charge >= 0.3 is 0 Å². The maximum Gasteiger partial charge on any atom is 0.0320 e. The maximum atomic E-state index is 6.35. The van der Waals surface area contributed by atoms with Crippen molar-refractivity contribution in [2.75, 3.05) is 5.73 Å². The largest absolute Gasteiger partial charge is 0.399 e. The van der Waals surface area contributed by atoms with E-state index in [0.29, 0.717) is 0 Å². The highest BCUT2D eigenvalue weighted by Gasteiger charge is 2.49. The first-order chi connectivity index (χ1) is 11.2. The van der Waals surface area contributed by atoms with E-state index in [-0.39, 0.29) is 10.8 Å². The first-order valence-corrected chi connectivity index (χ1v) is 9.03. The molecule has 1 nitrogen and oxygen atoms in total. The monoisotopic (exact) mass is 315 g/mol. The molecule has 0 heterocycles. The second-order valence-electron chi connectivity index (χ2n) is 8.93. The molecule has 0 bridgehead atoms. The lowest BCUT2D eigenvalue weighted by atomic mass is 9.62. The molecule has 0 aliphatic heterocycles. The molecule has 4 aliphatic rings. The van der Waals surface area contributed by atoms with E-state index in [1.54, 1.807) is 27.9 Å². The van der Waals surface area contributed by atoms with Crippen molar-refractivity contribution in [1.29, 1.82) is 0 Å². The molecule has 0 saturated carbocycles. The summed E-state index contributed by atoms with van der Waals surface area (Å²) in [6, 6.07) is 4.45. The third-order valence-corrected chi connectivity index (χ3v) is 6.87. The smallest absolute Gasteiger partial charge is 0.0320 e. The molecule has 4 aliphatic carbocycles. The molecule has 0 radical (unpaired) electrons. The van der Waals surface area contributed by atoms with Crippen LogP contribution in [0.15, 0.2) is 52.2 Å². The summed E-state index contributed by atoms with van der Waals surface area (Å²) in [4.78, 5) is 0. The van der Waals surface area contributed by atoms with Gasteiger partial charge in [0.2, 0.25) is 0 Å². The quantitative estimate of drug-likeness (QED) is 0.621. The molecule has 0 atom stereocenters. The van der Waals surface area contributed by atoms with Crippen molar-refractivity contribution >= 4 is 11.3 Å². The third kappa shape index (κ3) is 1.39. The lowest BCUT2D eigenvalue weighted by molar-refractivity contribution is 0.614. The van der Waals surface area contributed by atoms with E-state index in [0.717, 1.165) is 18.5 Å². The van der Waals surface area contributed by atoms with E-state index >= 15 is 0 Å². The van der Waals surface area contributed by atoms with Gasteiger partial charge in [0.05, 0.1) is 0 Å². The fourth-order valence-electron chi connectivity index (χ4n) is 5.48. The summed E-state index contributed by atoms with van der Waals surface area (Å²) in [5.74, 6) is 0. The number of anilines is 1. The number of nitrogen functional groups attached to an aromatic ring is 1. The average Bonchev–Trinajstić information content (AvgIpc) is 2.74. The van der Waals surface area contributed by atoms with E-state index in [4.69, 9.17) is 5.73 Å². The van der Waals surface area contributed by atoms with Crippen molar-refractivity contribution in [3.63, 3.8) is 0 Å². The minimum absolute atomic E-state index is 0.00359. The highest BCUT2D eigenvalue weighted by molar-refractivity contribution is 6.00. The molecule has 1 aromatic carbocycles. The van der Waals surface area contributed by atoms with Crippen LogP contribution >= 0.6 is 0 Å². The number of allylic oxidation sites excluding steroid dienone is 8. The first kappa shape index (κ1) is 14.3. The average molecular weight is 315 g/mol. The van der Waals surface area contributed by atoms with E-state index in [1.165, 1.54) is 22.3 Å². The fourth-order valence-corrected chi connectivity index (χ4v) is 5.48. The van der Waals surface area contributed by atoms with Crippen LogP contribution in [-0.2, 0) is 10.8 Å². The number of nitrogens with two attached hydrogens (primary N) is 1. The summed E-state index contributed by atoms with van der Waals surface area (Å²) < 4.78 is 0. The maximum absolute atomic E-state index is 6.35. The van der Waals surface area contributed by atoms with Crippen LogP contribution in [0.5, 0.6) is 0 Å². The fraction of sp³-hybridized carbons (Fsp3) is 0.391. The second-order valence-corrected chi connectivity index (χ2v) is 8.93. The van der Waals surface area contributed by atoms with Gasteiger partial charge < -0.3 is 5.73 Å². The highest BCUT2D eigenvalue weighted by Crippen LogP contribution is 2.63. The van der Waals surface area contributed by atoms with Crippen molar-refractivity contribution in [3.8, 4) is 0 Å². The molecule has 0 aromatic heterocycles. The number of rotatable bonds is 0. The summed E-state index contributed by atoms with van der Waals surface area (Å²) in [6.45, 7) is 11.8. The van der Waals surface area contributed by atoms with Gasteiger partial charge in [-0.1, -0.05) is 45.4 Å². The third-order valence-electron chi connectivity index (χ3n) is 6.87. The SMILES string of the molecule is CC1=C2CC=CC3=C2C2=C(C1)C(C)(C)c1cc(N)cc(c12)C3(C)C. The van der Waals surface area contributed by atoms with Gasteiger partial charge in [-0.15, -0.1) is 0 Å². The molecule has 5 rings (SSSR count). The Morgan fingerprint density at radius 1 is 0.958 bits per heavy atom. The van der Waals surface area contributed by atoms with Crippen molar-refractivity contribution in [1.82, 2.24) is 0 Å². The minimum atomic E-state index is 0.00359. The Bertz CT molecular complexity index is 958. The molecule has 0 unspecified atom stereocenters. The number of hydrogen-bond donors (Lipinski definition) is 1. The van der Waals surface area contributed by atoms with Crippen LogP contribution in [0.1, 0.15) is 64.2 Å². The van der Waals surface area contributed by atoms with E-state index in [2.05, 4.69) is 58.9 Å². The molecule has 0 fully saturated rings. The van der Waals surface area contributed by atoms with Crippen LogP contribution in [0.4, 0.5) is 5.69 Å². The molecule has 122 valence electrons. The summed E-state index contributed by atoms with van der Waals surface area (Å²) in [5, 5.41) is 0. The molecular formula is C23H25N. The van der Waals surface area contributed by atoms with Gasteiger partial charge in [-0.25, -0.2) is 0 Å². The van der Waals surface area contributed by atoms with Gasteiger partial charge in [0.15, 0.2) is 0 Å². The van der Waals surface area contributed by atoms with Crippen LogP contribution in [-0.4, -0.2) is 0 Å². The molecule has 0 amide bonds. The zero-order valence-electron chi connectivity index (χ0n) is 15.3. The van der Waals surface area contributed by atoms with Crippen molar-refractivity contribution < 1.29 is 0 Å². The molecule has 0 saturated heterocycles. The lowest BCUT2D eigenvalue weighted by Crippen LogP contribution is -2.29. The Morgan fingerprint density at radius 2 is 1.62 bits per heavy atom. The van der Waals surface area contributed by atoms with Crippen molar-refractivity contribution in [2.24, 2.45) is 0 Å². The van der Waals surface area contributed by atoms with E-state index < -0.39 is 0 Å². The molecule has 1 aromatic rings. The van der Waals surface area contributed by atoms with Crippen LogP contribution in [0.3, 0.4) is 0 Å². The lowest BCUT2D eigenvalue weighted by Gasteiger charge is -2.41. The van der Waals surface area contributed by atoms with Gasteiger partial charge in [-0.2, -0.15) is 0 Å². The van der Waals surface area contributed by atoms with Crippen LogP contribution < -0.4 is 5.73 Å². The summed E-state index contributed by atoms with van der Waals surface area (Å²) in [6.07, 6.45) is 6.91. The topological polar surface area (TPSA) is 26.0 Å². The molecule has 24 heavy (non-hydrogen) atoms. The predicted molar refractivity (Wildman–Crippen MR) is 102 cm³/mol. The summed E-state index contributed by atoms with van der Waals surface area (Å²) in [7, 11) is 0. The molecule has 1 heteroatoms. The zero-order chi connectivity index (χ0) is 17.0. The summed E-state index contributed by atoms with van der Waals surface area (Å²) in [5.41, 5.74) is 21.0. The van der Waals surface area contributed by atoms with Gasteiger partial charge in [0.1, 0.15) is 0 Å². The minimum Gasteiger partial charge on any atom is -0.399 e. The normalized spacial score (nSPS) is 24.7. The molecule has 2 N–H and O–H groups in total. The molecule has 0 spiro atoms.